The van der Waals surface area contributed by atoms with Crippen LogP contribution in [0.1, 0.15) is 28.5 Å². The van der Waals surface area contributed by atoms with Crippen LogP contribution in [0.25, 0.3) is 21.7 Å². The quantitative estimate of drug-likeness (QED) is 0.488. The van der Waals surface area contributed by atoms with Gasteiger partial charge >= 0.3 is 5.97 Å². The Hall–Kier alpha value is -3.27. The molecule has 1 heterocycles. The molecule has 0 bridgehead atoms. The molecule has 0 aliphatic carbocycles. The number of ether oxygens (including phenoxy) is 1. The van der Waals surface area contributed by atoms with E-state index in [-0.39, 0.29) is 11.7 Å². The number of carbonyl (C=O) groups is 1. The van der Waals surface area contributed by atoms with Crippen molar-refractivity contribution in [2.24, 2.45) is 0 Å². The van der Waals surface area contributed by atoms with E-state index in [9.17, 15) is 9.90 Å². The van der Waals surface area contributed by atoms with Crippen molar-refractivity contribution in [2.45, 2.75) is 26.8 Å². The minimum absolute atomic E-state index is 0.175. The molecule has 0 aliphatic rings. The standard InChI is InChI=1S/C24H23NO3/c1-3-28-24(27)22-16(2)25(14-13-17-9-5-4-6-10-17)23-19-12-8-7-11-18(19)21(26)15-20(22)23/h4-12,15,26H,3,13-14H2,1-2H3. The second-order valence-corrected chi connectivity index (χ2v) is 6.91. The van der Waals surface area contributed by atoms with Crippen LogP contribution < -0.4 is 0 Å². The number of benzene rings is 3. The van der Waals surface area contributed by atoms with Crippen molar-refractivity contribution in [3.05, 3.63) is 77.5 Å². The molecule has 0 spiro atoms. The number of aromatic hydroxyl groups is 1. The highest BCUT2D eigenvalue weighted by Crippen LogP contribution is 2.37. The molecule has 0 saturated heterocycles. The van der Waals surface area contributed by atoms with E-state index < -0.39 is 0 Å². The average molecular weight is 373 g/mol. The minimum Gasteiger partial charge on any atom is -0.507 e. The van der Waals surface area contributed by atoms with Gasteiger partial charge in [0.1, 0.15) is 5.75 Å². The van der Waals surface area contributed by atoms with Crippen LogP contribution in [0.4, 0.5) is 0 Å². The van der Waals surface area contributed by atoms with Crippen LogP contribution in [-0.4, -0.2) is 22.2 Å². The lowest BCUT2D eigenvalue weighted by atomic mass is 10.0. The molecule has 1 aromatic heterocycles. The predicted molar refractivity (Wildman–Crippen MR) is 112 cm³/mol. The zero-order valence-electron chi connectivity index (χ0n) is 16.1. The van der Waals surface area contributed by atoms with Gasteiger partial charge in [0, 0.05) is 28.4 Å². The molecule has 0 atom stereocenters. The van der Waals surface area contributed by atoms with Crippen LogP contribution in [-0.2, 0) is 17.7 Å². The van der Waals surface area contributed by atoms with E-state index in [2.05, 4.69) is 16.7 Å². The summed E-state index contributed by atoms with van der Waals surface area (Å²) in [5, 5.41) is 13.0. The molecule has 4 nitrogen and oxygen atoms in total. The maximum Gasteiger partial charge on any atom is 0.340 e. The molecular weight excluding hydrogens is 350 g/mol. The van der Waals surface area contributed by atoms with Gasteiger partial charge in [-0.3, -0.25) is 0 Å². The molecule has 0 radical (unpaired) electrons. The van der Waals surface area contributed by atoms with E-state index in [0.717, 1.165) is 40.3 Å². The SMILES string of the molecule is CCOC(=O)c1c(C)n(CCc2ccccc2)c2c1cc(O)c1ccccc12. The van der Waals surface area contributed by atoms with Crippen molar-refractivity contribution >= 4 is 27.6 Å². The summed E-state index contributed by atoms with van der Waals surface area (Å²) in [6.45, 7) is 4.80. The second-order valence-electron chi connectivity index (χ2n) is 6.91. The summed E-state index contributed by atoms with van der Waals surface area (Å²) in [7, 11) is 0. The molecule has 142 valence electrons. The summed E-state index contributed by atoms with van der Waals surface area (Å²) in [6.07, 6.45) is 0.850. The summed E-state index contributed by atoms with van der Waals surface area (Å²) in [5.74, 6) is -0.174. The average Bonchev–Trinajstić information content (AvgIpc) is 2.99. The zero-order chi connectivity index (χ0) is 19.7. The molecule has 0 fully saturated rings. The summed E-state index contributed by atoms with van der Waals surface area (Å²) in [5.41, 5.74) is 3.60. The Labute approximate surface area is 164 Å². The van der Waals surface area contributed by atoms with Crippen molar-refractivity contribution < 1.29 is 14.6 Å². The van der Waals surface area contributed by atoms with E-state index in [4.69, 9.17) is 4.74 Å². The Morgan fingerprint density at radius 1 is 1.00 bits per heavy atom. The van der Waals surface area contributed by atoms with Gasteiger partial charge in [-0.15, -0.1) is 0 Å². The minimum atomic E-state index is -0.349. The number of esters is 1. The number of carbonyl (C=O) groups excluding carboxylic acids is 1. The van der Waals surface area contributed by atoms with E-state index >= 15 is 0 Å². The number of aryl methyl sites for hydroxylation is 2. The number of hydrogen-bond donors (Lipinski definition) is 1. The van der Waals surface area contributed by atoms with E-state index in [1.54, 1.807) is 13.0 Å². The molecular formula is C24H23NO3. The van der Waals surface area contributed by atoms with Gasteiger partial charge in [0.05, 0.1) is 17.7 Å². The Kier molecular flexibility index (Phi) is 4.78. The zero-order valence-corrected chi connectivity index (χ0v) is 16.1. The van der Waals surface area contributed by atoms with Crippen molar-refractivity contribution in [3.63, 3.8) is 0 Å². The predicted octanol–water partition coefficient (Wildman–Crippen LogP) is 5.23. The number of fused-ring (bicyclic) bond motifs is 3. The normalized spacial score (nSPS) is 11.2. The fraction of sp³-hybridized carbons (Fsp3) is 0.208. The van der Waals surface area contributed by atoms with Crippen LogP contribution in [0.2, 0.25) is 0 Å². The van der Waals surface area contributed by atoms with Crippen LogP contribution in [0, 0.1) is 6.92 Å². The number of phenols is 1. The summed E-state index contributed by atoms with van der Waals surface area (Å²) in [6, 6.07) is 19.7. The monoisotopic (exact) mass is 373 g/mol. The fourth-order valence-corrected chi connectivity index (χ4v) is 3.95. The number of hydrogen-bond acceptors (Lipinski definition) is 3. The van der Waals surface area contributed by atoms with E-state index in [1.807, 2.05) is 49.4 Å². The molecule has 0 aliphatic heterocycles. The summed E-state index contributed by atoms with van der Waals surface area (Å²) in [4.78, 5) is 12.7. The van der Waals surface area contributed by atoms with Gasteiger partial charge in [-0.25, -0.2) is 4.79 Å². The van der Waals surface area contributed by atoms with E-state index in [0.29, 0.717) is 12.2 Å². The van der Waals surface area contributed by atoms with Gasteiger partial charge in [-0.05, 0) is 31.9 Å². The first-order chi connectivity index (χ1) is 13.6. The largest absolute Gasteiger partial charge is 0.507 e. The third-order valence-electron chi connectivity index (χ3n) is 5.25. The summed E-state index contributed by atoms with van der Waals surface area (Å²) >= 11 is 0. The first-order valence-electron chi connectivity index (χ1n) is 9.56. The van der Waals surface area contributed by atoms with Gasteiger partial charge < -0.3 is 14.4 Å². The molecule has 4 rings (SSSR count). The van der Waals surface area contributed by atoms with E-state index in [1.165, 1.54) is 5.56 Å². The van der Waals surface area contributed by atoms with Crippen LogP contribution in [0.3, 0.4) is 0 Å². The molecule has 1 N–H and O–H groups in total. The number of rotatable bonds is 5. The third-order valence-corrected chi connectivity index (χ3v) is 5.25. The molecule has 0 amide bonds. The fourth-order valence-electron chi connectivity index (χ4n) is 3.95. The topological polar surface area (TPSA) is 51.5 Å². The lowest BCUT2D eigenvalue weighted by molar-refractivity contribution is 0.0527. The van der Waals surface area contributed by atoms with Gasteiger partial charge in [0.15, 0.2) is 0 Å². The maximum absolute atomic E-state index is 12.7. The Bertz CT molecular complexity index is 1160. The molecule has 0 unspecified atom stereocenters. The number of aromatic nitrogens is 1. The van der Waals surface area contributed by atoms with Crippen molar-refractivity contribution in [1.82, 2.24) is 4.57 Å². The van der Waals surface area contributed by atoms with Crippen LogP contribution in [0.5, 0.6) is 5.75 Å². The molecule has 0 saturated carbocycles. The van der Waals surface area contributed by atoms with Gasteiger partial charge in [-0.2, -0.15) is 0 Å². The first kappa shape index (κ1) is 18.1. The second kappa shape index (κ2) is 7.39. The number of phenolic OH excluding ortho intramolecular Hbond substituents is 1. The van der Waals surface area contributed by atoms with Gasteiger partial charge in [0.25, 0.3) is 0 Å². The molecule has 3 aromatic carbocycles. The highest BCUT2D eigenvalue weighted by Gasteiger charge is 2.23. The van der Waals surface area contributed by atoms with Crippen molar-refractivity contribution in [1.29, 1.82) is 0 Å². The van der Waals surface area contributed by atoms with Crippen molar-refractivity contribution in [2.75, 3.05) is 6.61 Å². The molecule has 4 aromatic rings. The highest BCUT2D eigenvalue weighted by atomic mass is 16.5. The lowest BCUT2D eigenvalue weighted by Gasteiger charge is -2.11. The Balaban J connectivity index is 1.95. The summed E-state index contributed by atoms with van der Waals surface area (Å²) < 4.78 is 7.49. The van der Waals surface area contributed by atoms with Crippen molar-refractivity contribution in [3.8, 4) is 5.75 Å². The van der Waals surface area contributed by atoms with Gasteiger partial charge in [0.2, 0.25) is 0 Å². The Morgan fingerprint density at radius 3 is 2.39 bits per heavy atom. The van der Waals surface area contributed by atoms with Crippen LogP contribution in [0.15, 0.2) is 60.7 Å². The molecule has 28 heavy (non-hydrogen) atoms. The van der Waals surface area contributed by atoms with Crippen LogP contribution >= 0.6 is 0 Å². The molecule has 4 heteroatoms. The lowest BCUT2D eigenvalue weighted by Crippen LogP contribution is -2.08. The first-order valence-corrected chi connectivity index (χ1v) is 9.56. The van der Waals surface area contributed by atoms with Gasteiger partial charge in [-0.1, -0.05) is 54.6 Å². The number of nitrogens with zero attached hydrogens (tertiary/aromatic N) is 1. The third kappa shape index (κ3) is 3.01. The highest BCUT2D eigenvalue weighted by molar-refractivity contribution is 6.16. The smallest absolute Gasteiger partial charge is 0.340 e. The Morgan fingerprint density at radius 2 is 1.68 bits per heavy atom. The maximum atomic E-state index is 12.7.